The fourth-order valence-electron chi connectivity index (χ4n) is 4.48. The first kappa shape index (κ1) is 31.1. The quantitative estimate of drug-likeness (QED) is 0.197. The fraction of sp³-hybridized carbons (Fsp3) is 0.212. The number of aryl methyl sites for hydroxylation is 3. The van der Waals surface area contributed by atoms with Gasteiger partial charge in [-0.05, 0) is 90.3 Å². The van der Waals surface area contributed by atoms with Gasteiger partial charge in [0.2, 0.25) is 0 Å². The number of para-hydroxylation sites is 2. The Morgan fingerprint density at radius 3 is 2.30 bits per heavy atom. The standard InChI is InChI=1S/C33H33NO4S.Li.H/c1-23-10-6-8-14-27(23)29-22-24(17-19-28(29)32(35)34-30(33(36)37)20-21-39-2)16-18-25-11-7-9-15-31(25)38-26-12-4-3-5-13-26;;/h3-15,17,19,22,30H,16,18,20-21H2,1-2H3,(H,34,35)(H,36,37);;/t30-;;/m0../s1. The predicted molar refractivity (Wildman–Crippen MR) is 166 cm³/mol. The Kier molecular flexibility index (Phi) is 12.0. The van der Waals surface area contributed by atoms with Crippen LogP contribution in [0.15, 0.2) is 97.1 Å². The van der Waals surface area contributed by atoms with Gasteiger partial charge in [-0.25, -0.2) is 4.79 Å². The Hall–Kier alpha value is -3.43. The molecular formula is C33H34LiNO4S. The Morgan fingerprint density at radius 2 is 1.57 bits per heavy atom. The summed E-state index contributed by atoms with van der Waals surface area (Å²) in [6.45, 7) is 2.01. The van der Waals surface area contributed by atoms with Crippen LogP contribution < -0.4 is 10.1 Å². The molecule has 4 aromatic carbocycles. The van der Waals surface area contributed by atoms with Gasteiger partial charge in [0.25, 0.3) is 5.91 Å². The van der Waals surface area contributed by atoms with Gasteiger partial charge in [0.15, 0.2) is 0 Å². The van der Waals surface area contributed by atoms with Crippen LogP contribution in [0.2, 0.25) is 0 Å². The topological polar surface area (TPSA) is 75.6 Å². The molecular weight excluding hydrogens is 513 g/mol. The van der Waals surface area contributed by atoms with Crippen molar-refractivity contribution in [2.75, 3.05) is 12.0 Å². The molecule has 0 spiro atoms. The van der Waals surface area contributed by atoms with E-state index in [0.717, 1.165) is 52.2 Å². The molecule has 40 heavy (non-hydrogen) atoms. The van der Waals surface area contributed by atoms with Crippen molar-refractivity contribution in [1.29, 1.82) is 0 Å². The van der Waals surface area contributed by atoms with Gasteiger partial charge in [-0.15, -0.1) is 0 Å². The fourth-order valence-corrected chi connectivity index (χ4v) is 4.95. The number of hydrogen-bond donors (Lipinski definition) is 2. The first-order valence-corrected chi connectivity index (χ1v) is 14.4. The van der Waals surface area contributed by atoms with Gasteiger partial charge in [0.05, 0.1) is 0 Å². The summed E-state index contributed by atoms with van der Waals surface area (Å²) in [4.78, 5) is 25.1. The average molecular weight is 548 g/mol. The third-order valence-electron chi connectivity index (χ3n) is 6.60. The van der Waals surface area contributed by atoms with Crippen molar-refractivity contribution in [2.45, 2.75) is 32.2 Å². The minimum atomic E-state index is -1.03. The normalized spacial score (nSPS) is 11.2. The first-order valence-electron chi connectivity index (χ1n) is 13.0. The summed E-state index contributed by atoms with van der Waals surface area (Å²) in [7, 11) is 0. The number of thioether (sulfide) groups is 1. The van der Waals surface area contributed by atoms with Gasteiger partial charge in [-0.2, -0.15) is 11.8 Å². The summed E-state index contributed by atoms with van der Waals surface area (Å²) < 4.78 is 6.14. The number of carboxylic acid groups (broad SMARTS) is 1. The maximum absolute atomic E-state index is 13.3. The summed E-state index contributed by atoms with van der Waals surface area (Å²) in [5.41, 5.74) is 5.44. The van der Waals surface area contributed by atoms with E-state index in [2.05, 4.69) is 17.4 Å². The molecule has 2 N–H and O–H groups in total. The van der Waals surface area contributed by atoms with Crippen LogP contribution in [0.5, 0.6) is 11.5 Å². The Balaban J connectivity index is 0.00000441. The summed E-state index contributed by atoms with van der Waals surface area (Å²) in [5, 5.41) is 12.4. The molecule has 0 fully saturated rings. The second-order valence-electron chi connectivity index (χ2n) is 9.36. The molecule has 1 amide bonds. The zero-order valence-corrected chi connectivity index (χ0v) is 23.0. The second-order valence-corrected chi connectivity index (χ2v) is 10.3. The predicted octanol–water partition coefficient (Wildman–Crippen LogP) is 6.53. The number of benzene rings is 4. The van der Waals surface area contributed by atoms with Gasteiger partial charge >= 0.3 is 24.8 Å². The van der Waals surface area contributed by atoms with Crippen molar-refractivity contribution in [3.8, 4) is 22.6 Å². The monoisotopic (exact) mass is 547 g/mol. The number of nitrogens with one attached hydrogen (secondary N) is 1. The van der Waals surface area contributed by atoms with E-state index in [1.807, 2.05) is 98.1 Å². The van der Waals surface area contributed by atoms with E-state index in [1.54, 1.807) is 11.8 Å². The van der Waals surface area contributed by atoms with E-state index in [-0.39, 0.29) is 24.8 Å². The summed E-state index contributed by atoms with van der Waals surface area (Å²) >= 11 is 1.56. The molecule has 0 radical (unpaired) electrons. The van der Waals surface area contributed by atoms with Crippen molar-refractivity contribution >= 4 is 42.5 Å². The van der Waals surface area contributed by atoms with E-state index in [4.69, 9.17) is 4.74 Å². The molecule has 4 aromatic rings. The molecule has 7 heteroatoms. The summed E-state index contributed by atoms with van der Waals surface area (Å²) in [6, 6.07) is 30.6. The van der Waals surface area contributed by atoms with Crippen molar-refractivity contribution in [1.82, 2.24) is 5.32 Å². The summed E-state index contributed by atoms with van der Waals surface area (Å²) in [6.07, 6.45) is 3.80. The molecule has 0 heterocycles. The molecule has 4 rings (SSSR count). The van der Waals surface area contributed by atoms with Gasteiger partial charge in [0.1, 0.15) is 17.5 Å². The summed E-state index contributed by atoms with van der Waals surface area (Å²) in [5.74, 6) is 0.858. The molecule has 0 unspecified atom stereocenters. The van der Waals surface area contributed by atoms with Gasteiger partial charge in [-0.3, -0.25) is 4.79 Å². The number of carbonyl (C=O) groups excluding carboxylic acids is 1. The number of carbonyl (C=O) groups is 2. The number of hydrogen-bond acceptors (Lipinski definition) is 4. The van der Waals surface area contributed by atoms with Crippen molar-refractivity contribution in [3.63, 3.8) is 0 Å². The number of carboxylic acids is 1. The molecule has 0 aliphatic heterocycles. The SMILES string of the molecule is CSCC[C@H](NC(=O)c1ccc(CCc2ccccc2Oc2ccccc2)cc1-c1ccccc1C)C(=O)O.[LiH]. The molecule has 202 valence electrons. The Morgan fingerprint density at radius 1 is 0.875 bits per heavy atom. The van der Waals surface area contributed by atoms with E-state index in [1.165, 1.54) is 0 Å². The first-order chi connectivity index (χ1) is 19.0. The molecule has 5 nitrogen and oxygen atoms in total. The minimum absolute atomic E-state index is 0. The molecule has 0 saturated carbocycles. The van der Waals surface area contributed by atoms with Gasteiger partial charge in [-0.1, -0.05) is 72.8 Å². The van der Waals surface area contributed by atoms with Crippen LogP contribution in [0.1, 0.15) is 33.5 Å². The van der Waals surface area contributed by atoms with Crippen molar-refractivity contribution in [2.24, 2.45) is 0 Å². The number of amides is 1. The van der Waals surface area contributed by atoms with Crippen molar-refractivity contribution < 1.29 is 19.4 Å². The van der Waals surface area contributed by atoms with E-state index in [0.29, 0.717) is 17.7 Å². The van der Waals surface area contributed by atoms with Crippen LogP contribution in [-0.4, -0.2) is 53.9 Å². The number of rotatable bonds is 12. The zero-order valence-electron chi connectivity index (χ0n) is 22.2. The Labute approximate surface area is 252 Å². The van der Waals surface area contributed by atoms with Crippen LogP contribution in [0.4, 0.5) is 0 Å². The Bertz CT molecular complexity index is 1430. The van der Waals surface area contributed by atoms with E-state index < -0.39 is 12.0 Å². The molecule has 0 aliphatic rings. The average Bonchev–Trinajstić information content (AvgIpc) is 2.95. The van der Waals surface area contributed by atoms with Crippen LogP contribution in [0.3, 0.4) is 0 Å². The molecule has 0 saturated heterocycles. The molecule has 0 aromatic heterocycles. The molecule has 0 aliphatic carbocycles. The van der Waals surface area contributed by atoms with Crippen LogP contribution in [0, 0.1) is 6.92 Å². The van der Waals surface area contributed by atoms with Crippen molar-refractivity contribution in [3.05, 3.63) is 119 Å². The van der Waals surface area contributed by atoms with Gasteiger partial charge in [0, 0.05) is 5.56 Å². The van der Waals surface area contributed by atoms with Crippen LogP contribution in [-0.2, 0) is 17.6 Å². The molecule has 1 atom stereocenters. The van der Waals surface area contributed by atoms with Crippen LogP contribution in [0.25, 0.3) is 11.1 Å². The number of ether oxygens (including phenoxy) is 1. The second kappa shape index (κ2) is 15.4. The zero-order chi connectivity index (χ0) is 27.6. The van der Waals surface area contributed by atoms with Gasteiger partial charge < -0.3 is 15.2 Å². The van der Waals surface area contributed by atoms with E-state index >= 15 is 0 Å². The maximum atomic E-state index is 13.3. The number of aliphatic carboxylic acids is 1. The third kappa shape index (κ3) is 8.28. The molecule has 0 bridgehead atoms. The van der Waals surface area contributed by atoms with Crippen LogP contribution >= 0.6 is 11.8 Å². The van der Waals surface area contributed by atoms with E-state index in [9.17, 15) is 14.7 Å². The third-order valence-corrected chi connectivity index (χ3v) is 7.25.